The molecule has 0 aliphatic carbocycles. The second kappa shape index (κ2) is 6.42. The first-order chi connectivity index (χ1) is 12.5. The molecule has 2 aromatic heterocycles. The van der Waals surface area contributed by atoms with Crippen molar-refractivity contribution in [2.45, 2.75) is 17.9 Å². The molecule has 4 rings (SSSR count). The molecule has 0 saturated heterocycles. The average Bonchev–Trinajstić information content (AvgIpc) is 3.25. The molecule has 132 valence electrons. The molecule has 0 aliphatic rings. The minimum atomic E-state index is -3.20. The van der Waals surface area contributed by atoms with Crippen molar-refractivity contribution in [2.75, 3.05) is 6.26 Å². The van der Waals surface area contributed by atoms with Gasteiger partial charge in [-0.1, -0.05) is 12.1 Å². The smallest absolute Gasteiger partial charge is 0.175 e. The van der Waals surface area contributed by atoms with Gasteiger partial charge in [-0.15, -0.1) is 0 Å². The lowest BCUT2D eigenvalue weighted by Crippen LogP contribution is -2.04. The summed E-state index contributed by atoms with van der Waals surface area (Å²) in [4.78, 5) is 12.7. The van der Waals surface area contributed by atoms with Crippen molar-refractivity contribution in [3.8, 4) is 11.4 Å². The van der Waals surface area contributed by atoms with Gasteiger partial charge in [-0.2, -0.15) is 0 Å². The molecule has 0 fully saturated rings. The highest BCUT2D eigenvalue weighted by molar-refractivity contribution is 7.90. The predicted octanol–water partition coefficient (Wildman–Crippen LogP) is 3.07. The molecule has 0 spiro atoms. The van der Waals surface area contributed by atoms with E-state index in [0.29, 0.717) is 4.90 Å². The van der Waals surface area contributed by atoms with E-state index in [1.807, 2.05) is 35.0 Å². The van der Waals surface area contributed by atoms with Crippen LogP contribution in [0.4, 0.5) is 0 Å². The third-order valence-electron chi connectivity index (χ3n) is 4.28. The Morgan fingerprint density at radius 1 is 1.08 bits per heavy atom. The second-order valence-corrected chi connectivity index (χ2v) is 8.21. The zero-order valence-corrected chi connectivity index (χ0v) is 15.1. The summed E-state index contributed by atoms with van der Waals surface area (Å²) in [5.41, 5.74) is 2.88. The third-order valence-corrected chi connectivity index (χ3v) is 5.41. The molecule has 6 nitrogen and oxygen atoms in total. The van der Waals surface area contributed by atoms with Crippen LogP contribution in [0.5, 0.6) is 0 Å². The number of imidazole rings is 2. The number of nitrogens with one attached hydrogen (secondary N) is 1. The van der Waals surface area contributed by atoms with Crippen molar-refractivity contribution in [2.24, 2.45) is 0 Å². The zero-order valence-electron chi connectivity index (χ0n) is 14.3. The lowest BCUT2D eigenvalue weighted by atomic mass is 10.2. The summed E-state index contributed by atoms with van der Waals surface area (Å²) in [7, 11) is -3.20. The number of H-pyrrole nitrogens is 1. The maximum absolute atomic E-state index is 11.6. The van der Waals surface area contributed by atoms with Crippen LogP contribution in [0.25, 0.3) is 22.4 Å². The van der Waals surface area contributed by atoms with Crippen LogP contribution in [0.2, 0.25) is 0 Å². The Balaban J connectivity index is 1.55. The molecule has 1 N–H and O–H groups in total. The zero-order chi connectivity index (χ0) is 18.1. The number of aryl methyl sites for hydroxylation is 2. The first-order valence-corrected chi connectivity index (χ1v) is 10.1. The molecular formula is C19H18N4O2S. The van der Waals surface area contributed by atoms with Crippen molar-refractivity contribution in [1.29, 1.82) is 0 Å². The number of sulfone groups is 1. The number of hydrogen-bond donors (Lipinski definition) is 1. The predicted molar refractivity (Wildman–Crippen MR) is 101 cm³/mol. The van der Waals surface area contributed by atoms with Crippen molar-refractivity contribution in [3.63, 3.8) is 0 Å². The van der Waals surface area contributed by atoms with Gasteiger partial charge in [0.25, 0.3) is 0 Å². The van der Waals surface area contributed by atoms with E-state index in [9.17, 15) is 8.42 Å². The maximum Gasteiger partial charge on any atom is 0.175 e. The lowest BCUT2D eigenvalue weighted by Gasteiger charge is -2.07. The molecular weight excluding hydrogens is 348 g/mol. The number of aromatic nitrogens is 4. The number of fused-ring (bicyclic) bond motifs is 1. The second-order valence-electron chi connectivity index (χ2n) is 6.19. The van der Waals surface area contributed by atoms with Crippen molar-refractivity contribution >= 4 is 20.9 Å². The minimum absolute atomic E-state index is 0.307. The number of benzene rings is 2. The normalized spacial score (nSPS) is 11.9. The maximum atomic E-state index is 11.6. The van der Waals surface area contributed by atoms with Gasteiger partial charge in [-0.05, 0) is 36.4 Å². The Hall–Kier alpha value is -2.93. The fourth-order valence-electron chi connectivity index (χ4n) is 2.95. The highest BCUT2D eigenvalue weighted by Crippen LogP contribution is 2.20. The Labute approximate surface area is 151 Å². The van der Waals surface area contributed by atoms with Crippen LogP contribution >= 0.6 is 0 Å². The summed E-state index contributed by atoms with van der Waals surface area (Å²) >= 11 is 0. The van der Waals surface area contributed by atoms with Crippen LogP contribution in [-0.4, -0.2) is 34.2 Å². The van der Waals surface area contributed by atoms with E-state index in [-0.39, 0.29) is 0 Å². The SMILES string of the molecule is CS(=O)(=O)c1ccc(-c2nccn2CCc2nc3ccccc3[nH]2)cc1. The van der Waals surface area contributed by atoms with Crippen molar-refractivity contribution in [1.82, 2.24) is 19.5 Å². The lowest BCUT2D eigenvalue weighted by molar-refractivity contribution is 0.602. The van der Waals surface area contributed by atoms with E-state index in [4.69, 9.17) is 0 Å². The van der Waals surface area contributed by atoms with Crippen molar-refractivity contribution < 1.29 is 8.42 Å². The van der Waals surface area contributed by atoms with Gasteiger partial charge in [-0.3, -0.25) is 0 Å². The number of hydrogen-bond acceptors (Lipinski definition) is 4. The van der Waals surface area contributed by atoms with Crippen LogP contribution in [0.15, 0.2) is 65.8 Å². The van der Waals surface area contributed by atoms with Gasteiger partial charge in [-0.25, -0.2) is 18.4 Å². The van der Waals surface area contributed by atoms with Crippen molar-refractivity contribution in [3.05, 3.63) is 66.7 Å². The number of para-hydroxylation sites is 2. The van der Waals surface area contributed by atoms with Crippen LogP contribution in [0, 0.1) is 0 Å². The topological polar surface area (TPSA) is 80.6 Å². The van der Waals surface area contributed by atoms with Gasteiger partial charge >= 0.3 is 0 Å². The molecule has 4 aromatic rings. The molecule has 2 aromatic carbocycles. The van der Waals surface area contributed by atoms with Crippen LogP contribution < -0.4 is 0 Å². The minimum Gasteiger partial charge on any atom is -0.342 e. The number of aromatic amines is 1. The highest BCUT2D eigenvalue weighted by atomic mass is 32.2. The molecule has 0 bridgehead atoms. The standard InChI is InChI=1S/C19H18N4O2S/c1-26(24,25)15-8-6-14(7-9-15)19-20-11-13-23(19)12-10-18-21-16-4-2-3-5-17(16)22-18/h2-9,11,13H,10,12H2,1H3,(H,21,22). The van der Waals surface area contributed by atoms with Gasteiger partial charge in [0, 0.05) is 37.2 Å². The molecule has 26 heavy (non-hydrogen) atoms. The van der Waals surface area contributed by atoms with E-state index in [1.165, 1.54) is 6.26 Å². The van der Waals surface area contributed by atoms with E-state index < -0.39 is 9.84 Å². The summed E-state index contributed by atoms with van der Waals surface area (Å²) in [6.07, 6.45) is 5.62. The Morgan fingerprint density at radius 2 is 1.85 bits per heavy atom. The fourth-order valence-corrected chi connectivity index (χ4v) is 3.58. The Bertz CT molecular complexity index is 1120. The van der Waals surface area contributed by atoms with Crippen LogP contribution in [0.3, 0.4) is 0 Å². The van der Waals surface area contributed by atoms with Gasteiger partial charge < -0.3 is 9.55 Å². The first kappa shape index (κ1) is 16.5. The fraction of sp³-hybridized carbons (Fsp3) is 0.158. The molecule has 0 amide bonds. The molecule has 0 atom stereocenters. The monoisotopic (exact) mass is 366 g/mol. The first-order valence-electron chi connectivity index (χ1n) is 8.26. The Morgan fingerprint density at radius 3 is 2.58 bits per heavy atom. The summed E-state index contributed by atoms with van der Waals surface area (Å²) in [6.45, 7) is 0.725. The Kier molecular flexibility index (Phi) is 4.08. The van der Waals surface area contributed by atoms with E-state index >= 15 is 0 Å². The summed E-state index contributed by atoms with van der Waals surface area (Å²) in [5.74, 6) is 1.74. The average molecular weight is 366 g/mol. The summed E-state index contributed by atoms with van der Waals surface area (Å²) in [6, 6.07) is 14.8. The highest BCUT2D eigenvalue weighted by Gasteiger charge is 2.10. The van der Waals surface area contributed by atoms with Crippen LogP contribution in [-0.2, 0) is 22.8 Å². The van der Waals surface area contributed by atoms with Gasteiger partial charge in [0.2, 0.25) is 0 Å². The number of nitrogens with zero attached hydrogens (tertiary/aromatic N) is 3. The summed E-state index contributed by atoms with van der Waals surface area (Å²) < 4.78 is 25.2. The number of rotatable bonds is 5. The van der Waals surface area contributed by atoms with E-state index in [0.717, 1.165) is 41.2 Å². The van der Waals surface area contributed by atoms with Crippen LogP contribution in [0.1, 0.15) is 5.82 Å². The molecule has 0 unspecified atom stereocenters. The quantitative estimate of drug-likeness (QED) is 0.589. The van der Waals surface area contributed by atoms with E-state index in [2.05, 4.69) is 15.0 Å². The largest absolute Gasteiger partial charge is 0.342 e. The van der Waals surface area contributed by atoms with Gasteiger partial charge in [0.05, 0.1) is 15.9 Å². The van der Waals surface area contributed by atoms with Gasteiger partial charge in [0.1, 0.15) is 11.6 Å². The molecule has 0 saturated carbocycles. The van der Waals surface area contributed by atoms with E-state index in [1.54, 1.807) is 30.5 Å². The molecule has 2 heterocycles. The van der Waals surface area contributed by atoms with Gasteiger partial charge in [0.15, 0.2) is 9.84 Å². The third kappa shape index (κ3) is 3.25. The molecule has 0 radical (unpaired) electrons. The molecule has 0 aliphatic heterocycles. The molecule has 7 heteroatoms. The summed E-state index contributed by atoms with van der Waals surface area (Å²) in [5, 5.41) is 0.